The first-order valence-electron chi connectivity index (χ1n) is 14.2. The Morgan fingerprint density at radius 1 is 0.696 bits per heavy atom. The first-order valence-corrected chi connectivity index (χ1v) is 16.0. The van der Waals surface area contributed by atoms with Crippen LogP contribution >= 0.6 is 11.6 Å². The minimum atomic E-state index is -4.24. The van der Waals surface area contributed by atoms with Crippen molar-refractivity contribution in [2.45, 2.75) is 24.7 Å². The van der Waals surface area contributed by atoms with Crippen LogP contribution in [0, 0.1) is 13.8 Å². The van der Waals surface area contributed by atoms with E-state index in [-0.39, 0.29) is 27.5 Å². The van der Waals surface area contributed by atoms with E-state index in [0.29, 0.717) is 44.5 Å². The van der Waals surface area contributed by atoms with Crippen molar-refractivity contribution < 1.29 is 17.3 Å². The molecule has 6 aromatic rings. The van der Waals surface area contributed by atoms with E-state index in [0.717, 1.165) is 0 Å². The summed E-state index contributed by atoms with van der Waals surface area (Å²) in [5, 5.41) is 6.70. The van der Waals surface area contributed by atoms with Crippen molar-refractivity contribution in [2.24, 2.45) is 0 Å². The molecule has 46 heavy (non-hydrogen) atoms. The lowest BCUT2D eigenvalue weighted by Gasteiger charge is -2.18. The Labute approximate surface area is 269 Å². The number of aromatic amines is 2. The molecule has 10 nitrogen and oxygen atoms in total. The second-order valence-electron chi connectivity index (χ2n) is 10.6. The molecule has 0 fully saturated rings. The highest BCUT2D eigenvalue weighted by molar-refractivity contribution is 7.87. The standard InChI is InChI=1S/C34H29ClN4O6S/c1-21-30(33(40)38(36-21)25-10-6-4-7-11-25)32(31-22(2)37-39(34(31)41)26-12-8-5-9-13-26)23-14-19-28(29(20-23)44-3)45-46(42,43)27-17-15-24(35)16-18-27/h4-20,32,36-37H,1-3H3. The molecule has 0 aliphatic heterocycles. The molecule has 2 aromatic heterocycles. The van der Waals surface area contributed by atoms with Gasteiger partial charge in [0.15, 0.2) is 11.5 Å². The number of para-hydroxylation sites is 2. The molecule has 0 aliphatic carbocycles. The molecule has 12 heteroatoms. The fraction of sp³-hybridized carbons (Fsp3) is 0.118. The minimum absolute atomic E-state index is 0.0695. The number of halogens is 1. The van der Waals surface area contributed by atoms with Crippen LogP contribution in [0.25, 0.3) is 11.4 Å². The normalized spacial score (nSPS) is 11.6. The molecular weight excluding hydrogens is 628 g/mol. The lowest BCUT2D eigenvalue weighted by molar-refractivity contribution is 0.390. The summed E-state index contributed by atoms with van der Waals surface area (Å²) in [5.74, 6) is -0.855. The van der Waals surface area contributed by atoms with Crippen LogP contribution in [0.1, 0.15) is 34.0 Å². The quantitative estimate of drug-likeness (QED) is 0.187. The third-order valence-electron chi connectivity index (χ3n) is 7.66. The van der Waals surface area contributed by atoms with Crippen LogP contribution in [0.15, 0.2) is 118 Å². The molecule has 2 heterocycles. The van der Waals surface area contributed by atoms with Crippen LogP contribution in [0.4, 0.5) is 0 Å². The summed E-state index contributed by atoms with van der Waals surface area (Å²) in [6, 6.07) is 28.4. The summed E-state index contributed by atoms with van der Waals surface area (Å²) >= 11 is 5.93. The summed E-state index contributed by atoms with van der Waals surface area (Å²) < 4.78 is 40.1. The molecule has 2 N–H and O–H groups in total. The number of hydrogen-bond acceptors (Lipinski definition) is 6. The van der Waals surface area contributed by atoms with Gasteiger partial charge in [0.1, 0.15) is 4.90 Å². The van der Waals surface area contributed by atoms with Gasteiger partial charge in [-0.1, -0.05) is 54.1 Å². The van der Waals surface area contributed by atoms with Crippen molar-refractivity contribution in [3.05, 3.63) is 157 Å². The SMILES string of the molecule is COc1cc(C(c2c(C)[nH]n(-c3ccccc3)c2=O)c2c(C)[nH]n(-c3ccccc3)c2=O)ccc1OS(=O)(=O)c1ccc(Cl)cc1. The van der Waals surface area contributed by atoms with Crippen molar-refractivity contribution in [3.63, 3.8) is 0 Å². The molecule has 0 saturated carbocycles. The van der Waals surface area contributed by atoms with Crippen molar-refractivity contribution >= 4 is 21.7 Å². The predicted octanol–water partition coefficient (Wildman–Crippen LogP) is 5.87. The molecule has 0 bridgehead atoms. The van der Waals surface area contributed by atoms with Crippen LogP contribution in [-0.2, 0) is 10.1 Å². The summed E-state index contributed by atoms with van der Waals surface area (Å²) in [7, 11) is -2.86. The van der Waals surface area contributed by atoms with Gasteiger partial charge in [-0.15, -0.1) is 0 Å². The molecule has 4 aromatic carbocycles. The van der Waals surface area contributed by atoms with E-state index in [2.05, 4.69) is 10.2 Å². The Morgan fingerprint density at radius 3 is 1.67 bits per heavy atom. The fourth-order valence-corrected chi connectivity index (χ4v) is 6.56. The van der Waals surface area contributed by atoms with Gasteiger partial charge in [-0.2, -0.15) is 8.42 Å². The number of nitrogens with one attached hydrogen (secondary N) is 2. The Bertz CT molecular complexity index is 2160. The number of nitrogens with zero attached hydrogens (tertiary/aromatic N) is 2. The van der Waals surface area contributed by atoms with E-state index >= 15 is 0 Å². The smallest absolute Gasteiger partial charge is 0.339 e. The predicted molar refractivity (Wildman–Crippen MR) is 175 cm³/mol. The minimum Gasteiger partial charge on any atom is -0.493 e. The number of aromatic nitrogens is 4. The average Bonchev–Trinajstić information content (AvgIpc) is 3.52. The van der Waals surface area contributed by atoms with Gasteiger partial charge in [-0.3, -0.25) is 19.8 Å². The third-order valence-corrected chi connectivity index (χ3v) is 9.16. The maximum atomic E-state index is 14.1. The molecule has 0 amide bonds. The second kappa shape index (κ2) is 12.3. The van der Waals surface area contributed by atoms with Gasteiger partial charge in [0, 0.05) is 22.3 Å². The molecule has 234 valence electrons. The first kappa shape index (κ1) is 30.8. The summed E-state index contributed by atoms with van der Waals surface area (Å²) in [6.07, 6.45) is 0. The van der Waals surface area contributed by atoms with Crippen molar-refractivity contribution in [3.8, 4) is 22.9 Å². The van der Waals surface area contributed by atoms with E-state index in [1.807, 2.05) is 36.4 Å². The number of ether oxygens (including phenoxy) is 1. The lowest BCUT2D eigenvalue weighted by Crippen LogP contribution is -2.25. The Morgan fingerprint density at radius 2 is 1.20 bits per heavy atom. The van der Waals surface area contributed by atoms with Crippen LogP contribution < -0.4 is 20.0 Å². The van der Waals surface area contributed by atoms with Gasteiger partial charge in [-0.05, 0) is 80.1 Å². The molecule has 0 radical (unpaired) electrons. The van der Waals surface area contributed by atoms with Gasteiger partial charge in [0.25, 0.3) is 11.1 Å². The van der Waals surface area contributed by atoms with Gasteiger partial charge < -0.3 is 8.92 Å². The van der Waals surface area contributed by atoms with Crippen molar-refractivity contribution in [2.75, 3.05) is 7.11 Å². The van der Waals surface area contributed by atoms with Crippen molar-refractivity contribution in [1.29, 1.82) is 0 Å². The topological polar surface area (TPSA) is 128 Å². The highest BCUT2D eigenvalue weighted by Gasteiger charge is 2.32. The van der Waals surface area contributed by atoms with E-state index in [4.69, 9.17) is 20.5 Å². The zero-order valence-electron chi connectivity index (χ0n) is 25.0. The molecule has 0 atom stereocenters. The highest BCUT2D eigenvalue weighted by Crippen LogP contribution is 2.38. The van der Waals surface area contributed by atoms with Crippen LogP contribution in [0.5, 0.6) is 11.5 Å². The Hall–Kier alpha value is -5.26. The first-order chi connectivity index (χ1) is 22.1. The van der Waals surface area contributed by atoms with Crippen molar-refractivity contribution in [1.82, 2.24) is 19.6 Å². The highest BCUT2D eigenvalue weighted by atomic mass is 35.5. The zero-order valence-corrected chi connectivity index (χ0v) is 26.6. The van der Waals surface area contributed by atoms with Gasteiger partial charge in [0.2, 0.25) is 0 Å². The monoisotopic (exact) mass is 656 g/mol. The van der Waals surface area contributed by atoms with Gasteiger partial charge in [0.05, 0.1) is 29.6 Å². The van der Waals surface area contributed by atoms with E-state index in [9.17, 15) is 18.0 Å². The average molecular weight is 657 g/mol. The maximum absolute atomic E-state index is 14.1. The second-order valence-corrected chi connectivity index (χ2v) is 12.6. The lowest BCUT2D eigenvalue weighted by atomic mass is 9.85. The molecule has 6 rings (SSSR count). The molecular formula is C34H29ClN4O6S. The number of rotatable bonds is 9. The van der Waals surface area contributed by atoms with Crippen LogP contribution in [-0.4, -0.2) is 35.1 Å². The number of methoxy groups -OCH3 is 1. The van der Waals surface area contributed by atoms with E-state index < -0.39 is 16.0 Å². The third kappa shape index (κ3) is 5.66. The van der Waals surface area contributed by atoms with Crippen LogP contribution in [0.3, 0.4) is 0 Å². The number of hydrogen-bond donors (Lipinski definition) is 2. The zero-order chi connectivity index (χ0) is 32.6. The van der Waals surface area contributed by atoms with Crippen LogP contribution in [0.2, 0.25) is 5.02 Å². The molecule has 0 saturated heterocycles. The largest absolute Gasteiger partial charge is 0.493 e. The summed E-state index contributed by atoms with van der Waals surface area (Å²) in [5.41, 5.74) is 2.86. The van der Waals surface area contributed by atoms with E-state index in [1.165, 1.54) is 46.8 Å². The van der Waals surface area contributed by atoms with Gasteiger partial charge in [-0.25, -0.2) is 9.36 Å². The Balaban J connectivity index is 1.53. The molecule has 0 unspecified atom stereocenters. The summed E-state index contributed by atoms with van der Waals surface area (Å²) in [4.78, 5) is 28.2. The molecule has 0 spiro atoms. The maximum Gasteiger partial charge on any atom is 0.339 e. The number of benzene rings is 4. The number of H-pyrrole nitrogens is 2. The fourth-order valence-electron chi connectivity index (χ4n) is 5.49. The van der Waals surface area contributed by atoms with E-state index in [1.54, 1.807) is 50.2 Å². The Kier molecular flexibility index (Phi) is 8.20. The summed E-state index contributed by atoms with van der Waals surface area (Å²) in [6.45, 7) is 3.54. The van der Waals surface area contributed by atoms with Gasteiger partial charge >= 0.3 is 10.1 Å². The number of aryl methyl sites for hydroxylation is 2. The molecule has 0 aliphatic rings.